The zero-order valence-electron chi connectivity index (χ0n) is 21.0. The average Bonchev–Trinajstić information content (AvgIpc) is 2.84. The van der Waals surface area contributed by atoms with Crippen molar-refractivity contribution in [2.45, 2.75) is 17.7 Å². The molecule has 0 bridgehead atoms. The second-order valence-corrected chi connectivity index (χ2v) is 12.4. The van der Waals surface area contributed by atoms with Crippen LogP contribution in [-0.2, 0) is 38.8 Å². The maximum Gasteiger partial charge on any atom is 0.248 e. The second kappa shape index (κ2) is 13.5. The van der Waals surface area contributed by atoms with Crippen LogP contribution < -0.4 is 19.9 Å². The highest BCUT2D eigenvalue weighted by atomic mass is 35.5. The number of ether oxygens (including phenoxy) is 2. The maximum absolute atomic E-state index is 12.8. The molecule has 0 aliphatic heterocycles. The second-order valence-electron chi connectivity index (χ2n) is 8.43. The van der Waals surface area contributed by atoms with Gasteiger partial charge in [0, 0.05) is 23.6 Å². The molecule has 208 valence electrons. The van der Waals surface area contributed by atoms with Crippen molar-refractivity contribution in [2.75, 3.05) is 25.7 Å². The molecule has 3 aromatic carbocycles. The molecule has 3 rings (SSSR count). The molecule has 1 unspecified atom stereocenters. The van der Waals surface area contributed by atoms with Crippen LogP contribution >= 0.6 is 23.2 Å². The van der Waals surface area contributed by atoms with E-state index in [1.165, 1.54) is 43.7 Å². The summed E-state index contributed by atoms with van der Waals surface area (Å²) in [5.41, 5.74) is 6.82. The molecule has 0 fully saturated rings. The molecule has 0 saturated carbocycles. The van der Waals surface area contributed by atoms with Crippen molar-refractivity contribution < 1.29 is 32.0 Å². The first kappa shape index (κ1) is 30.7. The van der Waals surface area contributed by atoms with Gasteiger partial charge in [-0.15, -0.1) is 0 Å². The standard InChI is InChI=1S/C26H26Cl2N2O7S2/c1-36-24-12-16(11-20(31)15-38(2)33)3-6-23(24)37-22-7-4-18(26(29)32)13-17(22)9-10-30-39(34,35)25-8-5-19(27)14-21(25)28/h3-8,12-14,30H,9-11,15H2,1-2H3,(H2,29,32). The monoisotopic (exact) mass is 612 g/mol. The Hall–Kier alpha value is -2.80. The van der Waals surface area contributed by atoms with E-state index >= 15 is 0 Å². The Balaban J connectivity index is 1.81. The van der Waals surface area contributed by atoms with Gasteiger partial charge in [-0.25, -0.2) is 13.1 Å². The van der Waals surface area contributed by atoms with E-state index in [4.69, 9.17) is 38.4 Å². The quantitative estimate of drug-likeness (QED) is 0.278. The fourth-order valence-corrected chi connectivity index (χ4v) is 6.01. The van der Waals surface area contributed by atoms with Crippen LogP contribution in [0.15, 0.2) is 59.5 Å². The van der Waals surface area contributed by atoms with Gasteiger partial charge in [0.15, 0.2) is 23.0 Å². The van der Waals surface area contributed by atoms with Gasteiger partial charge in [0.2, 0.25) is 15.9 Å². The van der Waals surface area contributed by atoms with E-state index in [0.29, 0.717) is 33.4 Å². The van der Waals surface area contributed by atoms with Crippen molar-refractivity contribution in [3.05, 3.63) is 81.3 Å². The van der Waals surface area contributed by atoms with Gasteiger partial charge >= 0.3 is 0 Å². The van der Waals surface area contributed by atoms with Crippen molar-refractivity contribution >= 4 is 56.1 Å². The van der Waals surface area contributed by atoms with Gasteiger partial charge < -0.3 is 19.8 Å². The van der Waals surface area contributed by atoms with Crippen molar-refractivity contribution in [1.82, 2.24) is 4.72 Å². The Kier molecular flexibility index (Phi) is 10.6. The maximum atomic E-state index is 12.8. The molecular formula is C26H26Cl2N2O7S2. The first-order valence-corrected chi connectivity index (χ1v) is 15.4. The molecule has 3 aromatic rings. The minimum Gasteiger partial charge on any atom is -0.616 e. The van der Waals surface area contributed by atoms with Crippen molar-refractivity contribution in [3.63, 3.8) is 0 Å². The third-order valence-corrected chi connectivity index (χ3v) is 8.34. The fraction of sp³-hybridized carbons (Fsp3) is 0.231. The predicted molar refractivity (Wildman–Crippen MR) is 151 cm³/mol. The Labute approximate surface area is 239 Å². The lowest BCUT2D eigenvalue weighted by atomic mass is 10.1. The largest absolute Gasteiger partial charge is 0.616 e. The Morgan fingerprint density at radius 3 is 2.38 bits per heavy atom. The lowest BCUT2D eigenvalue weighted by molar-refractivity contribution is -0.116. The summed E-state index contributed by atoms with van der Waals surface area (Å²) in [5, 5.41) is 0.284. The van der Waals surface area contributed by atoms with Crippen molar-refractivity contribution in [1.29, 1.82) is 0 Å². The summed E-state index contributed by atoms with van der Waals surface area (Å²) < 4.78 is 50.8. The molecule has 0 radical (unpaired) electrons. The van der Waals surface area contributed by atoms with E-state index in [0.717, 1.165) is 0 Å². The highest BCUT2D eigenvalue weighted by Crippen LogP contribution is 2.35. The number of hydrogen-bond acceptors (Lipinski definition) is 7. The number of nitrogens with two attached hydrogens (primary N) is 1. The van der Waals surface area contributed by atoms with Crippen LogP contribution in [0.5, 0.6) is 17.2 Å². The summed E-state index contributed by atoms with van der Waals surface area (Å²) >= 11 is 10.7. The number of ketones is 1. The molecule has 3 N–H and O–H groups in total. The SMILES string of the molecule is COc1cc(CC(=O)C[S+](C)[O-])ccc1Oc1ccc(C(N)=O)cc1CCNS(=O)(=O)c1ccc(Cl)cc1Cl. The molecule has 1 amide bonds. The highest BCUT2D eigenvalue weighted by Gasteiger charge is 2.19. The fourth-order valence-electron chi connectivity index (χ4n) is 3.65. The van der Waals surface area contributed by atoms with Gasteiger partial charge in [0.25, 0.3) is 0 Å². The molecule has 0 heterocycles. The smallest absolute Gasteiger partial charge is 0.248 e. The number of methoxy groups -OCH3 is 1. The first-order valence-electron chi connectivity index (χ1n) is 11.4. The number of Topliss-reactive ketones (excluding diaryl/α,β-unsaturated/α-hetero) is 1. The van der Waals surface area contributed by atoms with Gasteiger partial charge in [-0.1, -0.05) is 29.3 Å². The summed E-state index contributed by atoms with van der Waals surface area (Å²) in [6.07, 6.45) is 1.70. The molecule has 1 atom stereocenters. The topological polar surface area (TPSA) is 148 Å². The van der Waals surface area contributed by atoms with E-state index < -0.39 is 27.1 Å². The lowest BCUT2D eigenvalue weighted by Crippen LogP contribution is -2.26. The molecule has 13 heteroatoms. The van der Waals surface area contributed by atoms with Gasteiger partial charge in [0.1, 0.15) is 10.6 Å². The Morgan fingerprint density at radius 1 is 1.03 bits per heavy atom. The van der Waals surface area contributed by atoms with Gasteiger partial charge in [0.05, 0.1) is 18.4 Å². The number of halogens is 2. The summed E-state index contributed by atoms with van der Waals surface area (Å²) in [4.78, 5) is 23.7. The van der Waals surface area contributed by atoms with Crippen molar-refractivity contribution in [3.8, 4) is 17.2 Å². The molecular weight excluding hydrogens is 587 g/mol. The number of nitrogens with one attached hydrogen (secondary N) is 1. The summed E-state index contributed by atoms with van der Waals surface area (Å²) in [6.45, 7) is -0.0448. The molecule has 9 nitrogen and oxygen atoms in total. The van der Waals surface area contributed by atoms with Crippen LogP contribution in [0.2, 0.25) is 10.0 Å². The molecule has 0 aliphatic carbocycles. The van der Waals surface area contributed by atoms with Gasteiger partial charge in [-0.05, 0) is 77.3 Å². The number of hydrogen-bond donors (Lipinski definition) is 2. The molecule has 0 aromatic heterocycles. The molecule has 0 spiro atoms. The van der Waals surface area contributed by atoms with Crippen LogP contribution in [0.3, 0.4) is 0 Å². The summed E-state index contributed by atoms with van der Waals surface area (Å²) in [7, 11) is -2.50. The number of benzene rings is 3. The number of sulfonamides is 1. The number of carbonyl (C=O) groups excluding carboxylic acids is 2. The minimum absolute atomic E-state index is 0.0186. The van der Waals surface area contributed by atoms with Crippen LogP contribution in [-0.4, -0.2) is 50.3 Å². The zero-order chi connectivity index (χ0) is 28.7. The third kappa shape index (κ3) is 8.59. The van der Waals surface area contributed by atoms with E-state index in [9.17, 15) is 22.6 Å². The van der Waals surface area contributed by atoms with E-state index in [2.05, 4.69) is 4.72 Å². The summed E-state index contributed by atoms with van der Waals surface area (Å²) in [5.74, 6) is 0.154. The van der Waals surface area contributed by atoms with Crippen molar-refractivity contribution in [2.24, 2.45) is 5.73 Å². The van der Waals surface area contributed by atoms with Crippen LogP contribution in [0.25, 0.3) is 0 Å². The Bertz CT molecular complexity index is 1480. The first-order chi connectivity index (χ1) is 18.4. The average molecular weight is 614 g/mol. The van der Waals surface area contributed by atoms with E-state index in [-0.39, 0.29) is 46.4 Å². The number of amides is 1. The minimum atomic E-state index is -3.95. The van der Waals surface area contributed by atoms with Crippen LogP contribution in [0, 0.1) is 0 Å². The number of rotatable bonds is 13. The van der Waals surface area contributed by atoms with E-state index in [1.54, 1.807) is 24.3 Å². The highest BCUT2D eigenvalue weighted by molar-refractivity contribution is 7.91. The van der Waals surface area contributed by atoms with Crippen LogP contribution in [0.4, 0.5) is 0 Å². The molecule has 0 saturated heterocycles. The Morgan fingerprint density at radius 2 is 1.74 bits per heavy atom. The zero-order valence-corrected chi connectivity index (χ0v) is 24.2. The van der Waals surface area contributed by atoms with Gasteiger partial charge in [-0.3, -0.25) is 9.59 Å². The molecule has 39 heavy (non-hydrogen) atoms. The number of primary amides is 1. The predicted octanol–water partition coefficient (Wildman–Crippen LogP) is 3.90. The van der Waals surface area contributed by atoms with E-state index in [1.807, 2.05) is 0 Å². The lowest BCUT2D eigenvalue weighted by Gasteiger charge is -2.16. The van der Waals surface area contributed by atoms with Crippen LogP contribution in [0.1, 0.15) is 21.5 Å². The number of carbonyl (C=O) groups is 2. The third-order valence-electron chi connectivity index (χ3n) is 5.43. The summed E-state index contributed by atoms with van der Waals surface area (Å²) in [6, 6.07) is 13.6. The molecule has 0 aliphatic rings. The normalized spacial score (nSPS) is 12.1. The van der Waals surface area contributed by atoms with Gasteiger partial charge in [-0.2, -0.15) is 0 Å².